The molecule has 4 aromatic rings. The molecule has 1 aliphatic heterocycles. The zero-order chi connectivity index (χ0) is 25.6. The predicted molar refractivity (Wildman–Crippen MR) is 148 cm³/mol. The predicted octanol–water partition coefficient (Wildman–Crippen LogP) is 3.90. The Morgan fingerprint density at radius 3 is 2.73 bits per heavy atom. The van der Waals surface area contributed by atoms with Crippen LogP contribution < -0.4 is 15.5 Å². The highest BCUT2D eigenvalue weighted by Gasteiger charge is 2.13. The Morgan fingerprint density at radius 2 is 1.92 bits per heavy atom. The summed E-state index contributed by atoms with van der Waals surface area (Å²) in [6, 6.07) is 16.1. The molecule has 0 aliphatic carbocycles. The molecular formula is C27H31N7O2S. The number of fused-ring (bicyclic) bond motifs is 1. The molecule has 10 heteroatoms. The van der Waals surface area contributed by atoms with Gasteiger partial charge in [-0.3, -0.25) is 9.69 Å². The van der Waals surface area contributed by atoms with Gasteiger partial charge in [-0.25, -0.2) is 15.0 Å². The Labute approximate surface area is 220 Å². The van der Waals surface area contributed by atoms with Crippen LogP contribution in [0.5, 0.6) is 0 Å². The third kappa shape index (κ3) is 6.59. The Morgan fingerprint density at radius 1 is 1.11 bits per heavy atom. The van der Waals surface area contributed by atoms with Crippen molar-refractivity contribution in [3.05, 3.63) is 65.9 Å². The fraction of sp³-hybridized carbons (Fsp3) is 0.333. The number of aromatic nitrogens is 3. The van der Waals surface area contributed by atoms with Crippen molar-refractivity contribution in [1.82, 2.24) is 25.2 Å². The summed E-state index contributed by atoms with van der Waals surface area (Å²) in [6.45, 7) is 6.91. The Kier molecular flexibility index (Phi) is 7.88. The number of thiazole rings is 1. The van der Waals surface area contributed by atoms with E-state index in [2.05, 4.69) is 61.6 Å². The van der Waals surface area contributed by atoms with Crippen molar-refractivity contribution in [3.63, 3.8) is 0 Å². The van der Waals surface area contributed by atoms with Gasteiger partial charge in [-0.2, -0.15) is 0 Å². The molecule has 0 atom stereocenters. The number of carbonyl (C=O) groups is 1. The fourth-order valence-electron chi connectivity index (χ4n) is 4.14. The van der Waals surface area contributed by atoms with E-state index in [9.17, 15) is 4.79 Å². The number of morpholine rings is 1. The zero-order valence-electron chi connectivity index (χ0n) is 21.1. The van der Waals surface area contributed by atoms with Gasteiger partial charge in [-0.1, -0.05) is 29.0 Å². The van der Waals surface area contributed by atoms with Crippen LogP contribution in [-0.2, 0) is 16.0 Å². The summed E-state index contributed by atoms with van der Waals surface area (Å²) < 4.78 is 5.36. The molecular weight excluding hydrogens is 486 g/mol. The maximum atomic E-state index is 12.4. The molecule has 1 aliphatic rings. The van der Waals surface area contributed by atoms with Gasteiger partial charge in [0.2, 0.25) is 5.91 Å². The monoisotopic (exact) mass is 517 g/mol. The molecule has 192 valence electrons. The third-order valence-corrected chi connectivity index (χ3v) is 7.16. The molecule has 2 N–H and O–H groups in total. The average molecular weight is 518 g/mol. The Balaban J connectivity index is 1.19. The molecule has 1 aromatic carbocycles. The lowest BCUT2D eigenvalue weighted by Crippen LogP contribution is -2.41. The second kappa shape index (κ2) is 11.6. The van der Waals surface area contributed by atoms with E-state index in [1.165, 1.54) is 16.9 Å². The largest absolute Gasteiger partial charge is 0.379 e. The topological polar surface area (TPSA) is 95.5 Å². The van der Waals surface area contributed by atoms with Gasteiger partial charge in [0.15, 0.2) is 5.13 Å². The summed E-state index contributed by atoms with van der Waals surface area (Å²) in [5.74, 6) is 1.50. The minimum absolute atomic E-state index is 0.000164. The number of benzene rings is 1. The van der Waals surface area contributed by atoms with Crippen molar-refractivity contribution in [3.8, 4) is 0 Å². The van der Waals surface area contributed by atoms with Gasteiger partial charge in [-0.15, -0.1) is 0 Å². The minimum atomic E-state index is -0.000164. The van der Waals surface area contributed by atoms with Crippen molar-refractivity contribution in [1.29, 1.82) is 0 Å². The zero-order valence-corrected chi connectivity index (χ0v) is 21.9. The van der Waals surface area contributed by atoms with Crippen molar-refractivity contribution < 1.29 is 9.53 Å². The number of ether oxygens (including phenoxy) is 1. The number of pyridine rings is 2. The van der Waals surface area contributed by atoms with Crippen LogP contribution in [0, 0.1) is 6.92 Å². The minimum Gasteiger partial charge on any atom is -0.379 e. The van der Waals surface area contributed by atoms with Gasteiger partial charge in [0.25, 0.3) is 0 Å². The van der Waals surface area contributed by atoms with Crippen LogP contribution in [0.1, 0.15) is 11.1 Å². The number of anilines is 4. The number of rotatable bonds is 9. The van der Waals surface area contributed by atoms with Gasteiger partial charge < -0.3 is 20.3 Å². The van der Waals surface area contributed by atoms with E-state index in [0.29, 0.717) is 23.9 Å². The fourth-order valence-corrected chi connectivity index (χ4v) is 4.98. The highest BCUT2D eigenvalue weighted by atomic mass is 32.1. The van der Waals surface area contributed by atoms with Crippen LogP contribution in [0.25, 0.3) is 10.3 Å². The number of amides is 1. The van der Waals surface area contributed by atoms with Gasteiger partial charge in [-0.05, 0) is 48.9 Å². The molecule has 37 heavy (non-hydrogen) atoms. The molecule has 9 nitrogen and oxygen atoms in total. The first-order valence-corrected chi connectivity index (χ1v) is 13.2. The van der Waals surface area contributed by atoms with Gasteiger partial charge in [0.1, 0.15) is 22.0 Å². The third-order valence-electron chi connectivity index (χ3n) is 6.28. The van der Waals surface area contributed by atoms with Crippen LogP contribution in [-0.4, -0.2) is 72.2 Å². The number of hydrogen-bond acceptors (Lipinski definition) is 9. The summed E-state index contributed by atoms with van der Waals surface area (Å²) in [5.41, 5.74) is 4.01. The van der Waals surface area contributed by atoms with E-state index in [0.717, 1.165) is 60.3 Å². The van der Waals surface area contributed by atoms with E-state index in [4.69, 9.17) is 9.72 Å². The molecule has 0 radical (unpaired) electrons. The highest BCUT2D eigenvalue weighted by molar-refractivity contribution is 7.21. The summed E-state index contributed by atoms with van der Waals surface area (Å²) in [4.78, 5) is 31.5. The normalized spacial score (nSPS) is 14.0. The first kappa shape index (κ1) is 25.1. The number of aryl methyl sites for hydroxylation is 1. The van der Waals surface area contributed by atoms with E-state index >= 15 is 0 Å². The SMILES string of the molecule is Cc1ccc(N(C)c2ccc3nc(Nc4cc(CC(=O)NCCN5CCOCC5)ccn4)sc3n2)cc1. The lowest BCUT2D eigenvalue weighted by molar-refractivity contribution is -0.120. The van der Waals surface area contributed by atoms with Gasteiger partial charge in [0.05, 0.1) is 19.6 Å². The molecule has 0 unspecified atom stereocenters. The summed E-state index contributed by atoms with van der Waals surface area (Å²) in [6.07, 6.45) is 2.01. The first-order chi connectivity index (χ1) is 18.0. The van der Waals surface area contributed by atoms with Gasteiger partial charge in [0, 0.05) is 45.1 Å². The van der Waals surface area contributed by atoms with Crippen LogP contribution in [0.3, 0.4) is 0 Å². The molecule has 4 heterocycles. The molecule has 0 bridgehead atoms. The standard InChI is InChI=1S/C27H31N7O2S/c1-19-3-5-21(6-4-19)33(2)24-8-7-22-26(32-24)37-27(30-22)31-23-17-20(9-10-28-23)18-25(35)29-11-12-34-13-15-36-16-14-34/h3-10,17H,11-16,18H2,1-2H3,(H,29,35)(H,28,30,31). The number of nitrogens with one attached hydrogen (secondary N) is 2. The van der Waals surface area contributed by atoms with Crippen LogP contribution in [0.2, 0.25) is 0 Å². The second-order valence-corrected chi connectivity index (χ2v) is 10.0. The lowest BCUT2D eigenvalue weighted by Gasteiger charge is -2.26. The molecule has 1 fully saturated rings. The first-order valence-electron chi connectivity index (χ1n) is 12.4. The summed E-state index contributed by atoms with van der Waals surface area (Å²) in [5, 5.41) is 6.99. The molecule has 5 rings (SSSR count). The lowest BCUT2D eigenvalue weighted by atomic mass is 10.2. The van der Waals surface area contributed by atoms with Crippen LogP contribution in [0.4, 0.5) is 22.5 Å². The molecule has 3 aromatic heterocycles. The van der Waals surface area contributed by atoms with Crippen molar-refractivity contribution in [2.75, 3.05) is 56.7 Å². The second-order valence-electron chi connectivity index (χ2n) is 9.06. The Bertz CT molecular complexity index is 1350. The quantitative estimate of drug-likeness (QED) is 0.345. The number of hydrogen-bond donors (Lipinski definition) is 2. The molecule has 1 amide bonds. The highest BCUT2D eigenvalue weighted by Crippen LogP contribution is 2.30. The summed E-state index contributed by atoms with van der Waals surface area (Å²) >= 11 is 1.47. The maximum Gasteiger partial charge on any atom is 0.224 e. The molecule has 0 spiro atoms. The van der Waals surface area contributed by atoms with E-state index in [-0.39, 0.29) is 5.91 Å². The average Bonchev–Trinajstić information content (AvgIpc) is 3.31. The van der Waals surface area contributed by atoms with E-state index in [1.807, 2.05) is 31.3 Å². The van der Waals surface area contributed by atoms with Gasteiger partial charge >= 0.3 is 0 Å². The smallest absolute Gasteiger partial charge is 0.224 e. The summed E-state index contributed by atoms with van der Waals surface area (Å²) in [7, 11) is 2.01. The molecule has 0 saturated carbocycles. The van der Waals surface area contributed by atoms with Crippen molar-refractivity contribution >= 4 is 50.0 Å². The number of nitrogens with zero attached hydrogens (tertiary/aromatic N) is 5. The van der Waals surface area contributed by atoms with Crippen molar-refractivity contribution in [2.45, 2.75) is 13.3 Å². The van der Waals surface area contributed by atoms with Crippen LogP contribution >= 0.6 is 11.3 Å². The Hall–Kier alpha value is -3.60. The van der Waals surface area contributed by atoms with E-state index < -0.39 is 0 Å². The van der Waals surface area contributed by atoms with Crippen molar-refractivity contribution in [2.24, 2.45) is 0 Å². The molecule has 1 saturated heterocycles. The maximum absolute atomic E-state index is 12.4. The van der Waals surface area contributed by atoms with E-state index in [1.54, 1.807) is 6.20 Å². The van der Waals surface area contributed by atoms with Crippen LogP contribution in [0.15, 0.2) is 54.7 Å². The number of carbonyl (C=O) groups excluding carboxylic acids is 1.